The predicted molar refractivity (Wildman–Crippen MR) is 45.2 cm³/mol. The molecule has 0 saturated carbocycles. The Labute approximate surface area is 76.5 Å². The Hall–Kier alpha value is -0.360. The summed E-state index contributed by atoms with van der Waals surface area (Å²) < 4.78 is 35.6. The molecule has 0 atom stereocenters. The highest BCUT2D eigenvalue weighted by atomic mass is 79.9. The van der Waals surface area contributed by atoms with Crippen molar-refractivity contribution in [3.63, 3.8) is 0 Å². The van der Waals surface area contributed by atoms with Crippen LogP contribution in [0.2, 0.25) is 0 Å². The van der Waals surface area contributed by atoms with Gasteiger partial charge < -0.3 is 5.73 Å². The highest BCUT2D eigenvalue weighted by Gasteiger charge is 2.32. The van der Waals surface area contributed by atoms with Gasteiger partial charge in [-0.15, -0.1) is 0 Å². The van der Waals surface area contributed by atoms with E-state index in [0.717, 1.165) is 6.92 Å². The maximum absolute atomic E-state index is 11.9. The fourth-order valence-electron chi connectivity index (χ4n) is 0.347. The number of nitrogens with two attached hydrogens (primary N) is 1. The molecule has 0 heterocycles. The van der Waals surface area contributed by atoms with E-state index in [9.17, 15) is 13.2 Å². The van der Waals surface area contributed by atoms with Crippen LogP contribution in [0.3, 0.4) is 0 Å². The van der Waals surface area contributed by atoms with Gasteiger partial charge in [0.1, 0.15) is 4.61 Å². The van der Waals surface area contributed by atoms with E-state index in [1.807, 2.05) is 0 Å². The molecule has 70 valence electrons. The van der Waals surface area contributed by atoms with Crippen LogP contribution in [0.5, 0.6) is 0 Å². The molecular weight excluding hydrogens is 237 g/mol. The van der Waals surface area contributed by atoms with Gasteiger partial charge in [-0.25, -0.2) is 0 Å². The third kappa shape index (κ3) is 3.87. The van der Waals surface area contributed by atoms with Crippen LogP contribution in [0.4, 0.5) is 13.2 Å². The van der Waals surface area contributed by atoms with Gasteiger partial charge in [0.05, 0.1) is 5.57 Å². The van der Waals surface area contributed by atoms with Crippen LogP contribution >= 0.6 is 15.9 Å². The van der Waals surface area contributed by atoms with E-state index in [2.05, 4.69) is 20.9 Å². The molecule has 0 fully saturated rings. The molecule has 0 bridgehead atoms. The lowest BCUT2D eigenvalue weighted by atomic mass is 10.3. The van der Waals surface area contributed by atoms with E-state index >= 15 is 0 Å². The van der Waals surface area contributed by atoms with Crippen molar-refractivity contribution in [2.24, 2.45) is 10.7 Å². The van der Waals surface area contributed by atoms with Gasteiger partial charge in [-0.3, -0.25) is 4.99 Å². The normalized spacial score (nSPS) is 15.2. The lowest BCUT2D eigenvalue weighted by Gasteiger charge is -2.06. The number of hydrogen-bond acceptors (Lipinski definition) is 2. The van der Waals surface area contributed by atoms with Crippen LogP contribution in [0.25, 0.3) is 0 Å². The molecule has 6 heteroatoms. The SMILES string of the molecule is CC(=C(Br)N=CCN)C(F)(F)F. The molecule has 0 amide bonds. The number of hydrogen-bond donors (Lipinski definition) is 1. The molecule has 0 aliphatic carbocycles. The van der Waals surface area contributed by atoms with Gasteiger partial charge in [-0.1, -0.05) is 0 Å². The third-order valence-electron chi connectivity index (χ3n) is 1.04. The van der Waals surface area contributed by atoms with Gasteiger partial charge in [0, 0.05) is 12.8 Å². The summed E-state index contributed by atoms with van der Waals surface area (Å²) in [6.07, 6.45) is -3.15. The first-order chi connectivity index (χ1) is 5.39. The van der Waals surface area contributed by atoms with Crippen molar-refractivity contribution in [2.45, 2.75) is 13.1 Å². The predicted octanol–water partition coefficient (Wildman–Crippen LogP) is 2.20. The summed E-state index contributed by atoms with van der Waals surface area (Å²) in [5.41, 5.74) is 4.24. The summed E-state index contributed by atoms with van der Waals surface area (Å²) in [6.45, 7) is 1.05. The summed E-state index contributed by atoms with van der Waals surface area (Å²) in [5.74, 6) is 0. The molecule has 2 nitrogen and oxygen atoms in total. The Morgan fingerprint density at radius 2 is 2.08 bits per heavy atom. The molecule has 0 aliphatic rings. The smallest absolute Gasteiger partial charge is 0.326 e. The molecule has 0 aromatic carbocycles. The van der Waals surface area contributed by atoms with E-state index < -0.39 is 11.7 Å². The molecule has 0 rings (SSSR count). The molecule has 0 spiro atoms. The first-order valence-electron chi connectivity index (χ1n) is 3.05. The van der Waals surface area contributed by atoms with Gasteiger partial charge in [-0.05, 0) is 22.9 Å². The van der Waals surface area contributed by atoms with Crippen molar-refractivity contribution in [2.75, 3.05) is 6.54 Å². The monoisotopic (exact) mass is 244 g/mol. The fraction of sp³-hybridized carbons (Fsp3) is 0.500. The third-order valence-corrected chi connectivity index (χ3v) is 1.84. The molecule has 0 saturated heterocycles. The van der Waals surface area contributed by atoms with Crippen molar-refractivity contribution in [3.8, 4) is 0 Å². The van der Waals surface area contributed by atoms with Crippen LogP contribution in [0.15, 0.2) is 15.2 Å². The van der Waals surface area contributed by atoms with Gasteiger partial charge in [0.15, 0.2) is 0 Å². The average molecular weight is 245 g/mol. The quantitative estimate of drug-likeness (QED) is 0.587. The lowest BCUT2D eigenvalue weighted by Crippen LogP contribution is -2.10. The molecule has 2 N–H and O–H groups in total. The minimum absolute atomic E-state index is 0.111. The number of rotatable bonds is 2. The second-order valence-corrected chi connectivity index (χ2v) is 2.71. The van der Waals surface area contributed by atoms with Crippen molar-refractivity contribution in [1.82, 2.24) is 0 Å². The highest BCUT2D eigenvalue weighted by Crippen LogP contribution is 2.30. The van der Waals surface area contributed by atoms with Gasteiger partial charge >= 0.3 is 6.18 Å². The first kappa shape index (κ1) is 11.6. The van der Waals surface area contributed by atoms with Gasteiger partial charge in [0.2, 0.25) is 0 Å². The number of allylic oxidation sites excluding steroid dienone is 1. The topological polar surface area (TPSA) is 38.4 Å². The van der Waals surface area contributed by atoms with Crippen LogP contribution in [-0.2, 0) is 0 Å². The van der Waals surface area contributed by atoms with E-state index in [1.165, 1.54) is 6.21 Å². The Bertz CT molecular complexity index is 207. The van der Waals surface area contributed by atoms with Crippen molar-refractivity contribution < 1.29 is 13.2 Å². The van der Waals surface area contributed by atoms with Gasteiger partial charge in [-0.2, -0.15) is 13.2 Å². The van der Waals surface area contributed by atoms with Crippen molar-refractivity contribution in [3.05, 3.63) is 10.2 Å². The summed E-state index contributed by atoms with van der Waals surface area (Å²) in [6, 6.07) is 0. The molecule has 12 heavy (non-hydrogen) atoms. The minimum Gasteiger partial charge on any atom is -0.326 e. The molecule has 0 unspecified atom stereocenters. The van der Waals surface area contributed by atoms with Crippen LogP contribution < -0.4 is 5.73 Å². The molecule has 0 aromatic heterocycles. The maximum Gasteiger partial charge on any atom is 0.414 e. The zero-order chi connectivity index (χ0) is 9.78. The number of alkyl halides is 3. The minimum atomic E-state index is -4.34. The van der Waals surface area contributed by atoms with Gasteiger partial charge in [0.25, 0.3) is 0 Å². The Balaban J connectivity index is 4.58. The lowest BCUT2D eigenvalue weighted by molar-refractivity contribution is -0.0916. The summed E-state index contributed by atoms with van der Waals surface area (Å²) in [5, 5.41) is 0. The standard InChI is InChI=1S/C6H8BrF3N2/c1-4(6(8,9)10)5(7)12-3-2-11/h3H,2,11H2,1H3. The summed E-state index contributed by atoms with van der Waals surface area (Å²) in [7, 11) is 0. The van der Waals surface area contributed by atoms with Crippen molar-refractivity contribution in [1.29, 1.82) is 0 Å². The van der Waals surface area contributed by atoms with Crippen LogP contribution in [0.1, 0.15) is 6.92 Å². The van der Waals surface area contributed by atoms with E-state index in [1.54, 1.807) is 0 Å². The zero-order valence-electron chi connectivity index (χ0n) is 6.32. The maximum atomic E-state index is 11.9. The average Bonchev–Trinajstić information content (AvgIpc) is 1.97. The Kier molecular flexibility index (Phi) is 4.47. The number of halogens is 4. The van der Waals surface area contributed by atoms with E-state index in [0.29, 0.717) is 0 Å². The zero-order valence-corrected chi connectivity index (χ0v) is 7.91. The van der Waals surface area contributed by atoms with E-state index in [4.69, 9.17) is 5.73 Å². The molecule has 0 aliphatic heterocycles. The largest absolute Gasteiger partial charge is 0.414 e. The second kappa shape index (κ2) is 4.61. The summed E-state index contributed by atoms with van der Waals surface area (Å²) in [4.78, 5) is 3.44. The molecule has 0 radical (unpaired) electrons. The Morgan fingerprint density at radius 1 is 1.58 bits per heavy atom. The highest BCUT2D eigenvalue weighted by molar-refractivity contribution is 9.11. The Morgan fingerprint density at radius 3 is 2.42 bits per heavy atom. The summed E-state index contributed by atoms with van der Waals surface area (Å²) >= 11 is 2.69. The first-order valence-corrected chi connectivity index (χ1v) is 3.85. The fourth-order valence-corrected chi connectivity index (χ4v) is 0.716. The van der Waals surface area contributed by atoms with Crippen LogP contribution in [0, 0.1) is 0 Å². The van der Waals surface area contributed by atoms with E-state index in [-0.39, 0.29) is 11.2 Å². The van der Waals surface area contributed by atoms with Crippen LogP contribution in [-0.4, -0.2) is 18.9 Å². The second-order valence-electron chi connectivity index (χ2n) is 1.96. The molecular formula is C6H8BrF3N2. The molecule has 0 aromatic rings. The van der Waals surface area contributed by atoms with Crippen molar-refractivity contribution >= 4 is 22.1 Å². The number of aliphatic imine (C=N–C) groups is 1. The number of nitrogens with zero attached hydrogens (tertiary/aromatic N) is 1.